The standard InChI is InChI=1S/C21H25FN2O2S/c1-13-11-23-12-14(2)21-20(13)18-10-17(7-8-19(18)24(21)3)27(25,26)16-6-4-5-15(22)9-16/h4-10,13-14,20-21,23H,11-12H2,1-3H3/t13?,14?,20-,21-/m0/s1. The molecule has 4 nitrogen and oxygen atoms in total. The van der Waals surface area contributed by atoms with Crippen LogP contribution in [0.15, 0.2) is 52.3 Å². The van der Waals surface area contributed by atoms with Crippen molar-refractivity contribution in [3.05, 3.63) is 53.8 Å². The maximum atomic E-state index is 13.6. The Bertz CT molecular complexity index is 976. The van der Waals surface area contributed by atoms with E-state index in [0.29, 0.717) is 17.9 Å². The van der Waals surface area contributed by atoms with Crippen molar-refractivity contribution in [3.63, 3.8) is 0 Å². The average molecular weight is 389 g/mol. The van der Waals surface area contributed by atoms with Gasteiger partial charge < -0.3 is 10.2 Å². The summed E-state index contributed by atoms with van der Waals surface area (Å²) < 4.78 is 39.7. The summed E-state index contributed by atoms with van der Waals surface area (Å²) in [5.74, 6) is 0.586. The molecule has 4 rings (SSSR count). The van der Waals surface area contributed by atoms with Crippen molar-refractivity contribution in [2.24, 2.45) is 11.8 Å². The lowest BCUT2D eigenvalue weighted by Crippen LogP contribution is -2.39. The molecule has 27 heavy (non-hydrogen) atoms. The molecule has 2 aromatic carbocycles. The molecule has 0 spiro atoms. The van der Waals surface area contributed by atoms with Crippen LogP contribution in [0, 0.1) is 17.7 Å². The van der Waals surface area contributed by atoms with Gasteiger partial charge in [-0.15, -0.1) is 0 Å². The highest BCUT2D eigenvalue weighted by Crippen LogP contribution is 2.48. The number of hydrogen-bond acceptors (Lipinski definition) is 4. The smallest absolute Gasteiger partial charge is 0.206 e. The molecule has 2 aromatic rings. The fourth-order valence-electron chi connectivity index (χ4n) is 4.81. The molecule has 0 aromatic heterocycles. The van der Waals surface area contributed by atoms with Crippen molar-refractivity contribution >= 4 is 15.5 Å². The molecule has 0 aliphatic carbocycles. The zero-order valence-corrected chi connectivity index (χ0v) is 16.6. The van der Waals surface area contributed by atoms with Crippen LogP contribution in [0.2, 0.25) is 0 Å². The second kappa shape index (κ2) is 6.60. The number of benzene rings is 2. The molecule has 4 atom stereocenters. The minimum atomic E-state index is -3.75. The Morgan fingerprint density at radius 1 is 1.04 bits per heavy atom. The largest absolute Gasteiger partial charge is 0.370 e. The second-order valence-electron chi connectivity index (χ2n) is 7.92. The Hall–Kier alpha value is -1.92. The summed E-state index contributed by atoms with van der Waals surface area (Å²) in [6.45, 7) is 6.34. The molecule has 1 saturated heterocycles. The molecule has 0 saturated carbocycles. The van der Waals surface area contributed by atoms with Crippen molar-refractivity contribution in [2.75, 3.05) is 25.0 Å². The molecule has 1 N–H and O–H groups in total. The van der Waals surface area contributed by atoms with Gasteiger partial charge in [0.2, 0.25) is 9.84 Å². The zero-order chi connectivity index (χ0) is 19.3. The Balaban J connectivity index is 1.82. The number of nitrogens with one attached hydrogen (secondary N) is 1. The Labute approximate surface area is 160 Å². The van der Waals surface area contributed by atoms with E-state index in [2.05, 4.69) is 31.1 Å². The van der Waals surface area contributed by atoms with Crippen LogP contribution in [0.3, 0.4) is 0 Å². The number of sulfone groups is 1. The van der Waals surface area contributed by atoms with E-state index in [1.807, 2.05) is 12.1 Å². The highest BCUT2D eigenvalue weighted by atomic mass is 32.2. The number of fused-ring (bicyclic) bond motifs is 3. The van der Waals surface area contributed by atoms with Crippen LogP contribution >= 0.6 is 0 Å². The normalized spacial score (nSPS) is 27.8. The van der Waals surface area contributed by atoms with E-state index in [-0.39, 0.29) is 15.7 Å². The van der Waals surface area contributed by atoms with Crippen LogP contribution in [-0.2, 0) is 9.84 Å². The van der Waals surface area contributed by atoms with E-state index >= 15 is 0 Å². The molecule has 2 unspecified atom stereocenters. The van der Waals surface area contributed by atoms with E-state index in [4.69, 9.17) is 0 Å². The van der Waals surface area contributed by atoms with Gasteiger partial charge in [-0.05, 0) is 66.9 Å². The van der Waals surface area contributed by atoms with E-state index in [9.17, 15) is 12.8 Å². The van der Waals surface area contributed by atoms with Gasteiger partial charge in [-0.3, -0.25) is 0 Å². The molecule has 1 fully saturated rings. The summed E-state index contributed by atoms with van der Waals surface area (Å²) in [6.07, 6.45) is 0. The van der Waals surface area contributed by atoms with E-state index < -0.39 is 15.7 Å². The van der Waals surface area contributed by atoms with Crippen molar-refractivity contribution in [2.45, 2.75) is 35.6 Å². The third kappa shape index (κ3) is 2.95. The van der Waals surface area contributed by atoms with Gasteiger partial charge in [0.1, 0.15) is 5.82 Å². The quantitative estimate of drug-likeness (QED) is 0.856. The maximum absolute atomic E-state index is 13.6. The van der Waals surface area contributed by atoms with Crippen LogP contribution in [0.5, 0.6) is 0 Å². The maximum Gasteiger partial charge on any atom is 0.206 e. The molecule has 2 aliphatic heterocycles. The molecule has 144 valence electrons. The SMILES string of the molecule is CC1CNCC(C)[C@H]2[C@@H]1c1cc(S(=O)(=O)c3cccc(F)c3)ccc1N2C. The fourth-order valence-corrected chi connectivity index (χ4v) is 6.14. The van der Waals surface area contributed by atoms with Gasteiger partial charge in [0.25, 0.3) is 0 Å². The first-order valence-corrected chi connectivity index (χ1v) is 10.9. The average Bonchev–Trinajstić information content (AvgIpc) is 2.84. The lowest BCUT2D eigenvalue weighted by atomic mass is 9.80. The molecule has 0 radical (unpaired) electrons. The van der Waals surface area contributed by atoms with E-state index in [1.165, 1.54) is 18.2 Å². The molecule has 2 heterocycles. The van der Waals surface area contributed by atoms with Crippen molar-refractivity contribution < 1.29 is 12.8 Å². The third-order valence-corrected chi connectivity index (χ3v) is 7.85. The van der Waals surface area contributed by atoms with Crippen LogP contribution in [-0.4, -0.2) is 34.6 Å². The van der Waals surface area contributed by atoms with Crippen molar-refractivity contribution in [1.82, 2.24) is 5.32 Å². The first kappa shape index (κ1) is 18.4. The Morgan fingerprint density at radius 2 is 1.74 bits per heavy atom. The number of halogens is 1. The molecule has 0 bridgehead atoms. The number of anilines is 1. The summed E-state index contributed by atoms with van der Waals surface area (Å²) in [7, 11) is -1.66. The van der Waals surface area contributed by atoms with Gasteiger partial charge in [0.05, 0.1) is 9.79 Å². The highest BCUT2D eigenvalue weighted by Gasteiger charge is 2.44. The van der Waals surface area contributed by atoms with Crippen molar-refractivity contribution in [3.8, 4) is 0 Å². The first-order valence-electron chi connectivity index (χ1n) is 9.39. The van der Waals surface area contributed by atoms with Crippen LogP contribution in [0.1, 0.15) is 25.3 Å². The Kier molecular flexibility index (Phi) is 4.51. The minimum absolute atomic E-state index is 0.00528. The predicted octanol–water partition coefficient (Wildman–Crippen LogP) is 3.44. The summed E-state index contributed by atoms with van der Waals surface area (Å²) >= 11 is 0. The molecular formula is C21H25FN2O2S. The van der Waals surface area contributed by atoms with Gasteiger partial charge in [0, 0.05) is 24.7 Å². The van der Waals surface area contributed by atoms with Crippen LogP contribution in [0.4, 0.5) is 10.1 Å². The first-order chi connectivity index (χ1) is 12.8. The van der Waals surface area contributed by atoms with Gasteiger partial charge in [-0.25, -0.2) is 12.8 Å². The summed E-state index contributed by atoms with van der Waals surface area (Å²) in [5.41, 5.74) is 2.19. The summed E-state index contributed by atoms with van der Waals surface area (Å²) in [6, 6.07) is 10.9. The van der Waals surface area contributed by atoms with Gasteiger partial charge in [0.15, 0.2) is 0 Å². The third-order valence-electron chi connectivity index (χ3n) is 6.10. The lowest BCUT2D eigenvalue weighted by molar-refractivity contribution is 0.374. The molecule has 0 amide bonds. The number of likely N-dealkylation sites (N-methyl/N-ethyl adjacent to an activating group) is 1. The number of rotatable bonds is 2. The zero-order valence-electron chi connectivity index (χ0n) is 15.8. The van der Waals surface area contributed by atoms with Crippen LogP contribution < -0.4 is 10.2 Å². The highest BCUT2D eigenvalue weighted by molar-refractivity contribution is 7.91. The Morgan fingerprint density at radius 3 is 2.48 bits per heavy atom. The fraction of sp³-hybridized carbons (Fsp3) is 0.429. The van der Waals surface area contributed by atoms with E-state index in [1.54, 1.807) is 6.07 Å². The molecule has 6 heteroatoms. The lowest BCUT2D eigenvalue weighted by Gasteiger charge is -2.32. The van der Waals surface area contributed by atoms with Gasteiger partial charge in [-0.1, -0.05) is 19.9 Å². The summed E-state index contributed by atoms with van der Waals surface area (Å²) in [5, 5.41) is 3.52. The number of hydrogen-bond donors (Lipinski definition) is 1. The topological polar surface area (TPSA) is 49.4 Å². The summed E-state index contributed by atoms with van der Waals surface area (Å²) in [4.78, 5) is 2.53. The van der Waals surface area contributed by atoms with Gasteiger partial charge in [-0.2, -0.15) is 0 Å². The number of nitrogens with zero attached hydrogens (tertiary/aromatic N) is 1. The van der Waals surface area contributed by atoms with Crippen molar-refractivity contribution in [1.29, 1.82) is 0 Å². The molecule has 2 aliphatic rings. The predicted molar refractivity (Wildman–Crippen MR) is 104 cm³/mol. The minimum Gasteiger partial charge on any atom is -0.370 e. The monoisotopic (exact) mass is 388 g/mol. The molecular weight excluding hydrogens is 363 g/mol. The van der Waals surface area contributed by atoms with Crippen LogP contribution in [0.25, 0.3) is 0 Å². The second-order valence-corrected chi connectivity index (χ2v) is 9.87. The van der Waals surface area contributed by atoms with E-state index in [0.717, 1.165) is 30.4 Å². The van der Waals surface area contributed by atoms with Gasteiger partial charge >= 0.3 is 0 Å².